The van der Waals surface area contributed by atoms with Gasteiger partial charge in [0, 0.05) is 44.8 Å². The largest absolute Gasteiger partial charge is 0.466 e. The number of piperazine rings is 1. The van der Waals surface area contributed by atoms with Crippen LogP contribution in [0.15, 0.2) is 72.8 Å². The first-order chi connectivity index (χ1) is 12.7. The van der Waals surface area contributed by atoms with E-state index in [0.717, 1.165) is 32.7 Å². The molecule has 2 aromatic rings. The average molecular weight is 350 g/mol. The second kappa shape index (κ2) is 9.32. The Morgan fingerprint density at radius 1 is 1.00 bits per heavy atom. The SMILES string of the molecule is COC(=O)/C=C/C1CN(Cc2ccccc2)CCN1Cc1ccccc1. The summed E-state index contributed by atoms with van der Waals surface area (Å²) in [6.07, 6.45) is 3.53. The summed E-state index contributed by atoms with van der Waals surface area (Å²) >= 11 is 0. The molecule has 0 bridgehead atoms. The molecule has 4 heteroatoms. The minimum atomic E-state index is -0.301. The number of nitrogens with zero attached hydrogens (tertiary/aromatic N) is 2. The summed E-state index contributed by atoms with van der Waals surface area (Å²) in [5, 5.41) is 0. The van der Waals surface area contributed by atoms with E-state index in [0.29, 0.717) is 0 Å². The molecule has 1 fully saturated rings. The lowest BCUT2D eigenvalue weighted by Gasteiger charge is -2.40. The number of ether oxygens (including phenoxy) is 1. The van der Waals surface area contributed by atoms with Crippen LogP contribution in [0.1, 0.15) is 11.1 Å². The summed E-state index contributed by atoms with van der Waals surface area (Å²) in [6.45, 7) is 4.70. The number of rotatable bonds is 6. The van der Waals surface area contributed by atoms with E-state index in [1.165, 1.54) is 18.2 Å². The minimum Gasteiger partial charge on any atom is -0.466 e. The Morgan fingerprint density at radius 2 is 1.62 bits per heavy atom. The first kappa shape index (κ1) is 18.4. The third-order valence-corrected chi connectivity index (χ3v) is 4.75. The van der Waals surface area contributed by atoms with Crippen LogP contribution < -0.4 is 0 Å². The molecule has 0 N–H and O–H groups in total. The molecule has 0 radical (unpaired) electrons. The van der Waals surface area contributed by atoms with E-state index in [-0.39, 0.29) is 12.0 Å². The smallest absolute Gasteiger partial charge is 0.330 e. The molecule has 0 aromatic heterocycles. The van der Waals surface area contributed by atoms with E-state index >= 15 is 0 Å². The van der Waals surface area contributed by atoms with Crippen LogP contribution in [0.5, 0.6) is 0 Å². The first-order valence-corrected chi connectivity index (χ1v) is 9.05. The number of esters is 1. The van der Waals surface area contributed by atoms with Crippen molar-refractivity contribution in [3.05, 3.63) is 83.9 Å². The fraction of sp³-hybridized carbons (Fsp3) is 0.318. The number of methoxy groups -OCH3 is 1. The Morgan fingerprint density at radius 3 is 2.23 bits per heavy atom. The van der Waals surface area contributed by atoms with E-state index in [4.69, 9.17) is 4.74 Å². The molecule has 0 spiro atoms. The van der Waals surface area contributed by atoms with Gasteiger partial charge in [0.2, 0.25) is 0 Å². The van der Waals surface area contributed by atoms with Crippen LogP contribution in [0, 0.1) is 0 Å². The van der Waals surface area contributed by atoms with Gasteiger partial charge in [0.05, 0.1) is 7.11 Å². The first-order valence-electron chi connectivity index (χ1n) is 9.05. The summed E-state index contributed by atoms with van der Waals surface area (Å²) < 4.78 is 4.76. The van der Waals surface area contributed by atoms with E-state index in [1.807, 2.05) is 18.2 Å². The molecule has 0 saturated carbocycles. The van der Waals surface area contributed by atoms with Gasteiger partial charge in [-0.3, -0.25) is 9.80 Å². The second-order valence-electron chi connectivity index (χ2n) is 6.63. The van der Waals surface area contributed by atoms with Crippen molar-refractivity contribution < 1.29 is 9.53 Å². The Bertz CT molecular complexity index is 715. The number of benzene rings is 2. The van der Waals surface area contributed by atoms with Crippen LogP contribution in [0.25, 0.3) is 0 Å². The van der Waals surface area contributed by atoms with Gasteiger partial charge in [-0.05, 0) is 11.1 Å². The summed E-state index contributed by atoms with van der Waals surface area (Å²) in [5.41, 5.74) is 2.61. The number of hydrogen-bond donors (Lipinski definition) is 0. The van der Waals surface area contributed by atoms with Gasteiger partial charge in [0.1, 0.15) is 0 Å². The molecule has 1 saturated heterocycles. The van der Waals surface area contributed by atoms with Crippen LogP contribution >= 0.6 is 0 Å². The van der Waals surface area contributed by atoms with Gasteiger partial charge < -0.3 is 4.74 Å². The van der Waals surface area contributed by atoms with Crippen LogP contribution in [0.3, 0.4) is 0 Å². The Kier molecular flexibility index (Phi) is 6.58. The van der Waals surface area contributed by atoms with E-state index < -0.39 is 0 Å². The predicted molar refractivity (Wildman–Crippen MR) is 104 cm³/mol. The molecule has 0 aliphatic carbocycles. The lowest BCUT2D eigenvalue weighted by molar-refractivity contribution is -0.134. The normalized spacial score (nSPS) is 18.9. The summed E-state index contributed by atoms with van der Waals surface area (Å²) in [6, 6.07) is 21.2. The monoisotopic (exact) mass is 350 g/mol. The van der Waals surface area contributed by atoms with Crippen molar-refractivity contribution in [1.82, 2.24) is 9.80 Å². The maximum atomic E-state index is 11.6. The van der Waals surface area contributed by atoms with E-state index in [9.17, 15) is 4.79 Å². The molecule has 2 aromatic carbocycles. The highest BCUT2D eigenvalue weighted by Crippen LogP contribution is 2.17. The molecule has 136 valence electrons. The van der Waals surface area contributed by atoms with Crippen LogP contribution in [0.4, 0.5) is 0 Å². The molecular formula is C22H26N2O2. The maximum absolute atomic E-state index is 11.6. The molecular weight excluding hydrogens is 324 g/mol. The summed E-state index contributed by atoms with van der Waals surface area (Å²) in [5.74, 6) is -0.301. The molecule has 3 rings (SSSR count). The van der Waals surface area contributed by atoms with E-state index in [1.54, 1.807) is 6.08 Å². The fourth-order valence-electron chi connectivity index (χ4n) is 3.35. The molecule has 1 unspecified atom stereocenters. The lowest BCUT2D eigenvalue weighted by Crippen LogP contribution is -2.51. The van der Waals surface area contributed by atoms with Crippen molar-refractivity contribution in [3.63, 3.8) is 0 Å². The number of carbonyl (C=O) groups excluding carboxylic acids is 1. The van der Waals surface area contributed by atoms with Gasteiger partial charge in [0.15, 0.2) is 0 Å². The van der Waals surface area contributed by atoms with Crippen molar-refractivity contribution in [3.8, 4) is 0 Å². The van der Waals surface area contributed by atoms with Crippen molar-refractivity contribution in [2.75, 3.05) is 26.7 Å². The second-order valence-corrected chi connectivity index (χ2v) is 6.63. The van der Waals surface area contributed by atoms with Gasteiger partial charge >= 0.3 is 5.97 Å². The average Bonchev–Trinajstić information content (AvgIpc) is 2.69. The van der Waals surface area contributed by atoms with Gasteiger partial charge in [-0.25, -0.2) is 4.79 Å². The highest BCUT2D eigenvalue weighted by Gasteiger charge is 2.25. The Labute approximate surface area is 155 Å². The Hall–Kier alpha value is -2.43. The highest BCUT2D eigenvalue weighted by atomic mass is 16.5. The van der Waals surface area contributed by atoms with Crippen LogP contribution in [0.2, 0.25) is 0 Å². The molecule has 1 heterocycles. The fourth-order valence-corrected chi connectivity index (χ4v) is 3.35. The minimum absolute atomic E-state index is 0.187. The maximum Gasteiger partial charge on any atom is 0.330 e. The van der Waals surface area contributed by atoms with Crippen molar-refractivity contribution in [2.24, 2.45) is 0 Å². The van der Waals surface area contributed by atoms with E-state index in [2.05, 4.69) is 58.3 Å². The number of hydrogen-bond acceptors (Lipinski definition) is 4. The zero-order valence-electron chi connectivity index (χ0n) is 15.3. The topological polar surface area (TPSA) is 32.8 Å². The lowest BCUT2D eigenvalue weighted by atomic mass is 10.1. The quantitative estimate of drug-likeness (QED) is 0.592. The van der Waals surface area contributed by atoms with Gasteiger partial charge in [-0.15, -0.1) is 0 Å². The van der Waals surface area contributed by atoms with Gasteiger partial charge in [-0.2, -0.15) is 0 Å². The molecule has 0 amide bonds. The highest BCUT2D eigenvalue weighted by molar-refractivity contribution is 5.81. The van der Waals surface area contributed by atoms with Crippen molar-refractivity contribution in [1.29, 1.82) is 0 Å². The zero-order valence-corrected chi connectivity index (χ0v) is 15.3. The molecule has 1 atom stereocenters. The zero-order chi connectivity index (χ0) is 18.2. The Balaban J connectivity index is 1.69. The number of carbonyl (C=O) groups is 1. The predicted octanol–water partition coefficient (Wildman–Crippen LogP) is 3.10. The van der Waals surface area contributed by atoms with Gasteiger partial charge in [0.25, 0.3) is 0 Å². The van der Waals surface area contributed by atoms with Crippen LogP contribution in [-0.4, -0.2) is 48.6 Å². The summed E-state index contributed by atoms with van der Waals surface area (Å²) in [7, 11) is 1.41. The molecule has 4 nitrogen and oxygen atoms in total. The van der Waals surface area contributed by atoms with Crippen LogP contribution in [-0.2, 0) is 22.6 Å². The van der Waals surface area contributed by atoms with Crippen molar-refractivity contribution >= 4 is 5.97 Å². The summed E-state index contributed by atoms with van der Waals surface area (Å²) in [4.78, 5) is 16.4. The third kappa shape index (κ3) is 5.28. The molecule has 1 aliphatic heterocycles. The standard InChI is InChI=1S/C22H26N2O2/c1-26-22(25)13-12-21-18-23(16-19-8-4-2-5-9-19)14-15-24(21)17-20-10-6-3-7-11-20/h2-13,21H,14-18H2,1H3/b13-12+. The van der Waals surface area contributed by atoms with Crippen molar-refractivity contribution in [2.45, 2.75) is 19.1 Å². The molecule has 1 aliphatic rings. The van der Waals surface area contributed by atoms with Gasteiger partial charge in [-0.1, -0.05) is 66.7 Å². The third-order valence-electron chi connectivity index (χ3n) is 4.75. The molecule has 26 heavy (non-hydrogen) atoms.